The van der Waals surface area contributed by atoms with Crippen LogP contribution >= 0.6 is 11.3 Å². The number of rotatable bonds is 6. The Morgan fingerprint density at radius 3 is 3.07 bits per heavy atom. The monoisotopic (exact) mass is 214 g/mol. The summed E-state index contributed by atoms with van der Waals surface area (Å²) in [7, 11) is 0. The number of nitrogens with one attached hydrogen (secondary N) is 1. The Morgan fingerprint density at radius 1 is 1.71 bits per heavy atom. The van der Waals surface area contributed by atoms with Crippen LogP contribution in [0.1, 0.15) is 23.5 Å². The third kappa shape index (κ3) is 4.34. The van der Waals surface area contributed by atoms with E-state index in [1.807, 2.05) is 12.3 Å². The Labute approximate surface area is 87.0 Å². The molecule has 0 radical (unpaired) electrons. The highest BCUT2D eigenvalue weighted by Crippen LogP contribution is 2.07. The van der Waals surface area contributed by atoms with Crippen molar-refractivity contribution in [2.75, 3.05) is 6.54 Å². The standard InChI is InChI=1S/C9H14N2O2S/c1-7-6-14-8(11-7)5-10-4-2-3-9(12)13/h6,10H,2-5H2,1H3,(H,12,13). The lowest BCUT2D eigenvalue weighted by molar-refractivity contribution is -0.137. The molecule has 78 valence electrons. The summed E-state index contributed by atoms with van der Waals surface area (Å²) in [5.41, 5.74) is 1.04. The van der Waals surface area contributed by atoms with Crippen molar-refractivity contribution < 1.29 is 9.90 Å². The van der Waals surface area contributed by atoms with Crippen molar-refractivity contribution in [3.63, 3.8) is 0 Å². The molecule has 0 atom stereocenters. The number of carboxylic acids is 1. The summed E-state index contributed by atoms with van der Waals surface area (Å²) >= 11 is 1.62. The quantitative estimate of drug-likeness (QED) is 0.703. The zero-order valence-corrected chi connectivity index (χ0v) is 8.93. The van der Waals surface area contributed by atoms with Gasteiger partial charge < -0.3 is 10.4 Å². The minimum absolute atomic E-state index is 0.226. The number of thiazole rings is 1. The summed E-state index contributed by atoms with van der Waals surface area (Å²) in [5, 5.41) is 14.6. The van der Waals surface area contributed by atoms with Crippen LogP contribution in [0.2, 0.25) is 0 Å². The highest BCUT2D eigenvalue weighted by Gasteiger charge is 1.98. The van der Waals surface area contributed by atoms with Gasteiger partial charge in [0.15, 0.2) is 0 Å². The smallest absolute Gasteiger partial charge is 0.303 e. The number of hydrogen-bond acceptors (Lipinski definition) is 4. The molecular weight excluding hydrogens is 200 g/mol. The zero-order chi connectivity index (χ0) is 10.4. The molecule has 1 rings (SSSR count). The molecule has 0 aliphatic heterocycles. The number of aliphatic carboxylic acids is 1. The second-order valence-corrected chi connectivity index (χ2v) is 4.00. The van der Waals surface area contributed by atoms with E-state index in [4.69, 9.17) is 5.11 Å². The minimum atomic E-state index is -0.739. The van der Waals surface area contributed by atoms with Crippen LogP contribution in [0.3, 0.4) is 0 Å². The lowest BCUT2D eigenvalue weighted by Gasteiger charge is -1.99. The maximum Gasteiger partial charge on any atom is 0.303 e. The van der Waals surface area contributed by atoms with Crippen LogP contribution < -0.4 is 5.32 Å². The van der Waals surface area contributed by atoms with Crippen molar-refractivity contribution in [3.8, 4) is 0 Å². The molecule has 4 nitrogen and oxygen atoms in total. The molecule has 0 saturated heterocycles. The molecule has 0 aliphatic carbocycles. The van der Waals surface area contributed by atoms with Gasteiger partial charge in [-0.3, -0.25) is 4.79 Å². The molecule has 0 unspecified atom stereocenters. The summed E-state index contributed by atoms with van der Waals surface area (Å²) in [6.45, 7) is 3.42. The molecule has 0 aromatic carbocycles. The van der Waals surface area contributed by atoms with Crippen LogP contribution in [0.15, 0.2) is 5.38 Å². The first-order chi connectivity index (χ1) is 6.68. The van der Waals surface area contributed by atoms with E-state index in [9.17, 15) is 4.79 Å². The fourth-order valence-electron chi connectivity index (χ4n) is 1.04. The van der Waals surface area contributed by atoms with E-state index in [2.05, 4.69) is 10.3 Å². The Bertz CT molecular complexity index is 299. The molecule has 0 amide bonds. The average molecular weight is 214 g/mol. The van der Waals surface area contributed by atoms with Gasteiger partial charge in [-0.25, -0.2) is 4.98 Å². The van der Waals surface area contributed by atoms with Crippen LogP contribution in [0.5, 0.6) is 0 Å². The molecule has 1 aromatic rings. The average Bonchev–Trinajstić information content (AvgIpc) is 2.50. The molecule has 5 heteroatoms. The van der Waals surface area contributed by atoms with Crippen LogP contribution in [0.25, 0.3) is 0 Å². The predicted molar refractivity (Wildman–Crippen MR) is 55.4 cm³/mol. The highest BCUT2D eigenvalue weighted by molar-refractivity contribution is 7.09. The van der Waals surface area contributed by atoms with Gasteiger partial charge in [0.05, 0.1) is 0 Å². The first-order valence-electron chi connectivity index (χ1n) is 4.52. The Kier molecular flexibility index (Phi) is 4.55. The Hall–Kier alpha value is -0.940. The molecule has 0 fully saturated rings. The summed E-state index contributed by atoms with van der Waals surface area (Å²) in [4.78, 5) is 14.5. The molecule has 0 aliphatic rings. The third-order valence-corrected chi connectivity index (χ3v) is 2.65. The Balaban J connectivity index is 2.07. The van der Waals surface area contributed by atoms with E-state index in [1.54, 1.807) is 11.3 Å². The fourth-order valence-corrected chi connectivity index (χ4v) is 1.79. The van der Waals surface area contributed by atoms with Gasteiger partial charge in [0, 0.05) is 24.0 Å². The highest BCUT2D eigenvalue weighted by atomic mass is 32.1. The maximum atomic E-state index is 10.2. The van der Waals surface area contributed by atoms with Crippen molar-refractivity contribution in [1.82, 2.24) is 10.3 Å². The van der Waals surface area contributed by atoms with E-state index in [-0.39, 0.29) is 6.42 Å². The van der Waals surface area contributed by atoms with E-state index < -0.39 is 5.97 Å². The first-order valence-corrected chi connectivity index (χ1v) is 5.40. The molecule has 0 saturated carbocycles. The lowest BCUT2D eigenvalue weighted by Crippen LogP contribution is -2.15. The second kappa shape index (κ2) is 5.72. The molecule has 0 spiro atoms. The van der Waals surface area contributed by atoms with Crippen LogP contribution in [-0.2, 0) is 11.3 Å². The minimum Gasteiger partial charge on any atom is -0.481 e. The Morgan fingerprint density at radius 2 is 2.50 bits per heavy atom. The molecular formula is C9H14N2O2S. The van der Waals surface area contributed by atoms with Crippen LogP contribution in [0, 0.1) is 6.92 Å². The fraction of sp³-hybridized carbons (Fsp3) is 0.556. The normalized spacial score (nSPS) is 10.4. The van der Waals surface area contributed by atoms with E-state index >= 15 is 0 Å². The third-order valence-electron chi connectivity index (χ3n) is 1.69. The van der Waals surface area contributed by atoms with Gasteiger partial charge in [-0.15, -0.1) is 11.3 Å². The largest absolute Gasteiger partial charge is 0.481 e. The number of aromatic nitrogens is 1. The van der Waals surface area contributed by atoms with Crippen molar-refractivity contribution in [2.45, 2.75) is 26.3 Å². The first kappa shape index (κ1) is 11.1. The van der Waals surface area contributed by atoms with E-state index in [0.717, 1.165) is 23.8 Å². The predicted octanol–water partition coefficient (Wildman–Crippen LogP) is 1.41. The maximum absolute atomic E-state index is 10.2. The molecule has 1 aromatic heterocycles. The number of aryl methyl sites for hydroxylation is 1. The molecule has 1 heterocycles. The number of nitrogens with zero attached hydrogens (tertiary/aromatic N) is 1. The number of carbonyl (C=O) groups is 1. The zero-order valence-electron chi connectivity index (χ0n) is 8.12. The van der Waals surface area contributed by atoms with E-state index in [0.29, 0.717) is 6.42 Å². The van der Waals surface area contributed by atoms with Gasteiger partial charge in [0.25, 0.3) is 0 Å². The van der Waals surface area contributed by atoms with Crippen LogP contribution in [0.4, 0.5) is 0 Å². The second-order valence-electron chi connectivity index (χ2n) is 3.06. The number of hydrogen-bond donors (Lipinski definition) is 2. The van der Waals surface area contributed by atoms with Gasteiger partial charge in [0.1, 0.15) is 5.01 Å². The topological polar surface area (TPSA) is 62.2 Å². The summed E-state index contributed by atoms with van der Waals surface area (Å²) in [6, 6.07) is 0. The van der Waals surface area contributed by atoms with Gasteiger partial charge in [-0.05, 0) is 19.9 Å². The van der Waals surface area contributed by atoms with Crippen molar-refractivity contribution in [3.05, 3.63) is 16.1 Å². The van der Waals surface area contributed by atoms with Gasteiger partial charge in [-0.1, -0.05) is 0 Å². The van der Waals surface area contributed by atoms with Crippen molar-refractivity contribution >= 4 is 17.3 Å². The lowest BCUT2D eigenvalue weighted by atomic mass is 10.3. The SMILES string of the molecule is Cc1csc(CNCCCC(=O)O)n1. The van der Waals surface area contributed by atoms with Gasteiger partial charge in [-0.2, -0.15) is 0 Å². The van der Waals surface area contributed by atoms with Crippen molar-refractivity contribution in [1.29, 1.82) is 0 Å². The molecule has 0 bridgehead atoms. The number of carboxylic acid groups (broad SMARTS) is 1. The van der Waals surface area contributed by atoms with Crippen molar-refractivity contribution in [2.24, 2.45) is 0 Å². The summed E-state index contributed by atoms with van der Waals surface area (Å²) < 4.78 is 0. The molecule has 2 N–H and O–H groups in total. The summed E-state index contributed by atoms with van der Waals surface area (Å²) in [6.07, 6.45) is 0.892. The van der Waals surface area contributed by atoms with Crippen LogP contribution in [-0.4, -0.2) is 22.6 Å². The summed E-state index contributed by atoms with van der Waals surface area (Å²) in [5.74, 6) is -0.739. The van der Waals surface area contributed by atoms with Gasteiger partial charge >= 0.3 is 5.97 Å². The van der Waals surface area contributed by atoms with Gasteiger partial charge in [0.2, 0.25) is 0 Å². The molecule has 14 heavy (non-hydrogen) atoms. The van der Waals surface area contributed by atoms with E-state index in [1.165, 1.54) is 0 Å².